The maximum atomic E-state index is 12.3. The van der Waals surface area contributed by atoms with Crippen LogP contribution in [0.5, 0.6) is 0 Å². The minimum atomic E-state index is -3.06. The molecule has 110 valence electrons. The Labute approximate surface area is 113 Å². The lowest BCUT2D eigenvalue weighted by atomic mass is 10.0. The largest absolute Gasteiger partial charge is 0.480 e. The Morgan fingerprint density at radius 2 is 1.74 bits per heavy atom. The average Bonchev–Trinajstić information content (AvgIpc) is 2.28. The number of rotatable bonds is 3. The molecule has 8 heteroatoms. The molecule has 1 aliphatic rings. The van der Waals surface area contributed by atoms with Crippen molar-refractivity contribution in [3.8, 4) is 0 Å². The fourth-order valence-corrected chi connectivity index (χ4v) is 3.16. The number of nitrogens with zero attached hydrogens (tertiary/aromatic N) is 2. The predicted molar refractivity (Wildman–Crippen MR) is 69.7 cm³/mol. The van der Waals surface area contributed by atoms with Crippen molar-refractivity contribution in [2.75, 3.05) is 31.1 Å². The molecule has 0 aromatic rings. The van der Waals surface area contributed by atoms with Gasteiger partial charge in [-0.3, -0.25) is 0 Å². The van der Waals surface area contributed by atoms with E-state index in [1.54, 1.807) is 6.92 Å². The number of aliphatic carboxylic acids is 1. The second kappa shape index (κ2) is 5.36. The standard InChI is InChI=1S/C11H20N2O5S/c1-4-13(11(2,3)9(14)15)10(16)12-5-7-19(17,18)8-6-12/h4-8H2,1-3H3,(H,14,15). The molecule has 0 spiro atoms. The summed E-state index contributed by atoms with van der Waals surface area (Å²) in [4.78, 5) is 26.1. The van der Waals surface area contributed by atoms with Crippen LogP contribution in [-0.2, 0) is 14.6 Å². The van der Waals surface area contributed by atoms with Gasteiger partial charge in [-0.25, -0.2) is 18.0 Å². The molecule has 0 atom stereocenters. The summed E-state index contributed by atoms with van der Waals surface area (Å²) in [7, 11) is -3.06. The molecule has 1 heterocycles. The van der Waals surface area contributed by atoms with Gasteiger partial charge in [-0.1, -0.05) is 0 Å². The highest BCUT2D eigenvalue weighted by atomic mass is 32.2. The number of hydrogen-bond acceptors (Lipinski definition) is 4. The van der Waals surface area contributed by atoms with Crippen molar-refractivity contribution in [3.63, 3.8) is 0 Å². The van der Waals surface area contributed by atoms with Crippen molar-refractivity contribution >= 4 is 21.8 Å². The third kappa shape index (κ3) is 3.37. The van der Waals surface area contributed by atoms with Gasteiger partial charge in [0.15, 0.2) is 9.84 Å². The molecule has 0 aliphatic carbocycles. The van der Waals surface area contributed by atoms with E-state index in [1.807, 2.05) is 0 Å². The summed E-state index contributed by atoms with van der Waals surface area (Å²) in [5, 5.41) is 9.16. The van der Waals surface area contributed by atoms with Gasteiger partial charge in [0.2, 0.25) is 0 Å². The van der Waals surface area contributed by atoms with E-state index in [1.165, 1.54) is 23.6 Å². The van der Waals surface area contributed by atoms with Gasteiger partial charge in [-0.05, 0) is 20.8 Å². The van der Waals surface area contributed by atoms with Crippen LogP contribution in [0.15, 0.2) is 0 Å². The van der Waals surface area contributed by atoms with Crippen molar-refractivity contribution in [1.29, 1.82) is 0 Å². The van der Waals surface area contributed by atoms with Crippen molar-refractivity contribution in [2.45, 2.75) is 26.3 Å². The number of carboxylic acid groups (broad SMARTS) is 1. The Kier molecular flexibility index (Phi) is 4.44. The van der Waals surface area contributed by atoms with Crippen molar-refractivity contribution < 1.29 is 23.1 Å². The highest BCUT2D eigenvalue weighted by molar-refractivity contribution is 7.91. The molecular weight excluding hydrogens is 272 g/mol. The minimum Gasteiger partial charge on any atom is -0.480 e. The number of carboxylic acids is 1. The van der Waals surface area contributed by atoms with Crippen LogP contribution in [0.3, 0.4) is 0 Å². The molecule has 7 nitrogen and oxygen atoms in total. The van der Waals surface area contributed by atoms with E-state index >= 15 is 0 Å². The lowest BCUT2D eigenvalue weighted by molar-refractivity contribution is -0.147. The number of amides is 2. The number of carbonyl (C=O) groups excluding carboxylic acids is 1. The van der Waals surface area contributed by atoms with Gasteiger partial charge in [-0.15, -0.1) is 0 Å². The zero-order chi connectivity index (χ0) is 14.8. The Morgan fingerprint density at radius 1 is 1.26 bits per heavy atom. The van der Waals surface area contributed by atoms with Crippen LogP contribution < -0.4 is 0 Å². The third-order valence-electron chi connectivity index (χ3n) is 3.36. The maximum absolute atomic E-state index is 12.3. The minimum absolute atomic E-state index is 0.0657. The summed E-state index contributed by atoms with van der Waals surface area (Å²) in [6.45, 7) is 5.10. The van der Waals surface area contributed by atoms with Crippen LogP contribution >= 0.6 is 0 Å². The SMILES string of the molecule is CCN(C(=O)N1CCS(=O)(=O)CC1)C(C)(C)C(=O)O. The maximum Gasteiger partial charge on any atom is 0.329 e. The normalized spacial score (nSPS) is 19.0. The van der Waals surface area contributed by atoms with E-state index in [2.05, 4.69) is 0 Å². The van der Waals surface area contributed by atoms with E-state index in [0.29, 0.717) is 0 Å². The van der Waals surface area contributed by atoms with Gasteiger partial charge in [0, 0.05) is 19.6 Å². The Bertz CT molecular complexity index is 457. The fraction of sp³-hybridized carbons (Fsp3) is 0.818. The number of sulfone groups is 1. The Morgan fingerprint density at radius 3 is 2.11 bits per heavy atom. The molecule has 19 heavy (non-hydrogen) atoms. The second-order valence-corrected chi connectivity index (χ2v) is 7.33. The first-order chi connectivity index (χ1) is 8.62. The first-order valence-electron chi connectivity index (χ1n) is 6.12. The van der Waals surface area contributed by atoms with Crippen LogP contribution in [0.1, 0.15) is 20.8 Å². The summed E-state index contributed by atoms with van der Waals surface area (Å²) >= 11 is 0. The van der Waals surface area contributed by atoms with Gasteiger partial charge in [0.1, 0.15) is 5.54 Å². The van der Waals surface area contributed by atoms with Gasteiger partial charge >= 0.3 is 12.0 Å². The molecule has 1 saturated heterocycles. The Hall–Kier alpha value is -1.31. The molecule has 1 rings (SSSR count). The lowest BCUT2D eigenvalue weighted by Crippen LogP contribution is -2.58. The van der Waals surface area contributed by atoms with E-state index < -0.39 is 27.4 Å². The molecular formula is C11H20N2O5S. The molecule has 2 amide bonds. The first kappa shape index (κ1) is 15.7. The van der Waals surface area contributed by atoms with Crippen molar-refractivity contribution in [1.82, 2.24) is 9.80 Å². The molecule has 1 aliphatic heterocycles. The van der Waals surface area contributed by atoms with Gasteiger partial charge in [0.05, 0.1) is 11.5 Å². The van der Waals surface area contributed by atoms with Crippen LogP contribution in [0.2, 0.25) is 0 Å². The quantitative estimate of drug-likeness (QED) is 0.791. The first-order valence-corrected chi connectivity index (χ1v) is 7.94. The van der Waals surface area contributed by atoms with E-state index in [4.69, 9.17) is 5.11 Å². The number of likely N-dealkylation sites (N-methyl/N-ethyl adjacent to an activating group) is 1. The van der Waals surface area contributed by atoms with Crippen LogP contribution in [0.4, 0.5) is 4.79 Å². The fourth-order valence-electron chi connectivity index (χ4n) is 1.96. The summed E-state index contributed by atoms with van der Waals surface area (Å²) in [6.07, 6.45) is 0. The summed E-state index contributed by atoms with van der Waals surface area (Å²) in [5.41, 5.74) is -1.32. The second-order valence-electron chi connectivity index (χ2n) is 5.03. The van der Waals surface area contributed by atoms with Gasteiger partial charge in [0.25, 0.3) is 0 Å². The number of hydrogen-bond donors (Lipinski definition) is 1. The van der Waals surface area contributed by atoms with Crippen LogP contribution in [0, 0.1) is 0 Å². The zero-order valence-corrected chi connectivity index (χ0v) is 12.2. The van der Waals surface area contributed by atoms with Crippen LogP contribution in [0.25, 0.3) is 0 Å². The molecule has 0 unspecified atom stereocenters. The molecule has 0 bridgehead atoms. The topological polar surface area (TPSA) is 95.0 Å². The monoisotopic (exact) mass is 292 g/mol. The molecule has 0 saturated carbocycles. The summed E-state index contributed by atoms with van der Waals surface area (Å²) in [6, 6.07) is -0.426. The smallest absolute Gasteiger partial charge is 0.329 e. The molecule has 0 radical (unpaired) electrons. The Balaban J connectivity index is 2.84. The predicted octanol–water partition coefficient (Wildman–Crippen LogP) is 0.0219. The highest BCUT2D eigenvalue weighted by Crippen LogP contribution is 2.18. The van der Waals surface area contributed by atoms with Gasteiger partial charge < -0.3 is 14.9 Å². The van der Waals surface area contributed by atoms with Gasteiger partial charge in [-0.2, -0.15) is 0 Å². The molecule has 1 fully saturated rings. The third-order valence-corrected chi connectivity index (χ3v) is 4.97. The lowest BCUT2D eigenvalue weighted by Gasteiger charge is -2.39. The molecule has 1 N–H and O–H groups in total. The number of carbonyl (C=O) groups is 2. The number of urea groups is 1. The highest BCUT2D eigenvalue weighted by Gasteiger charge is 2.39. The van der Waals surface area contributed by atoms with Crippen molar-refractivity contribution in [2.24, 2.45) is 0 Å². The summed E-state index contributed by atoms with van der Waals surface area (Å²) < 4.78 is 22.6. The van der Waals surface area contributed by atoms with E-state index in [9.17, 15) is 18.0 Å². The van der Waals surface area contributed by atoms with Crippen LogP contribution in [-0.4, -0.2) is 72.0 Å². The summed E-state index contributed by atoms with van der Waals surface area (Å²) in [5.74, 6) is -1.22. The van der Waals surface area contributed by atoms with E-state index in [0.717, 1.165) is 0 Å². The molecule has 0 aromatic heterocycles. The average molecular weight is 292 g/mol. The zero-order valence-electron chi connectivity index (χ0n) is 11.4. The molecule has 0 aromatic carbocycles. The van der Waals surface area contributed by atoms with E-state index in [-0.39, 0.29) is 31.1 Å². The van der Waals surface area contributed by atoms with Crippen molar-refractivity contribution in [3.05, 3.63) is 0 Å².